The van der Waals surface area contributed by atoms with E-state index >= 15 is 0 Å². The third-order valence-electron chi connectivity index (χ3n) is 3.16. The molecule has 1 atom stereocenters. The van der Waals surface area contributed by atoms with Crippen molar-refractivity contribution in [1.82, 2.24) is 5.32 Å². The molecule has 0 saturated carbocycles. The monoisotopic (exact) mass is 367 g/mol. The second-order valence-electron chi connectivity index (χ2n) is 4.92. The van der Waals surface area contributed by atoms with E-state index in [-0.39, 0.29) is 11.9 Å². The van der Waals surface area contributed by atoms with Gasteiger partial charge in [0.15, 0.2) is 0 Å². The zero-order chi connectivity index (χ0) is 15.2. The second-order valence-corrected chi connectivity index (χ2v) is 6.95. The first-order chi connectivity index (χ1) is 10.1. The van der Waals surface area contributed by atoms with Gasteiger partial charge in [-0.2, -0.15) is 0 Å². The van der Waals surface area contributed by atoms with Crippen molar-refractivity contribution in [1.29, 1.82) is 0 Å². The summed E-state index contributed by atoms with van der Waals surface area (Å²) in [4.78, 5) is 2.23. The Morgan fingerprint density at radius 2 is 2.05 bits per heavy atom. The van der Waals surface area contributed by atoms with Gasteiger partial charge in [-0.05, 0) is 61.9 Å². The largest absolute Gasteiger partial charge is 0.310 e. The third-order valence-corrected chi connectivity index (χ3v) is 4.74. The van der Waals surface area contributed by atoms with Crippen LogP contribution in [-0.4, -0.2) is 6.54 Å². The van der Waals surface area contributed by atoms with Gasteiger partial charge in [0.2, 0.25) is 0 Å². The summed E-state index contributed by atoms with van der Waals surface area (Å²) in [5, 5.41) is 3.42. The van der Waals surface area contributed by atoms with Crippen molar-refractivity contribution in [3.63, 3.8) is 0 Å². The van der Waals surface area contributed by atoms with Crippen LogP contribution in [0.3, 0.4) is 0 Å². The second kappa shape index (κ2) is 7.97. The molecule has 0 aliphatic carbocycles. The van der Waals surface area contributed by atoms with E-state index in [1.165, 1.54) is 6.07 Å². The van der Waals surface area contributed by atoms with Crippen LogP contribution < -0.4 is 5.32 Å². The van der Waals surface area contributed by atoms with E-state index in [4.69, 9.17) is 0 Å². The lowest BCUT2D eigenvalue weighted by molar-refractivity contribution is 0.554. The van der Waals surface area contributed by atoms with Crippen LogP contribution in [0.2, 0.25) is 0 Å². The molecule has 0 amide bonds. The van der Waals surface area contributed by atoms with Crippen LogP contribution in [-0.2, 0) is 0 Å². The van der Waals surface area contributed by atoms with E-state index in [9.17, 15) is 4.39 Å². The predicted octanol–water partition coefficient (Wildman–Crippen LogP) is 5.80. The van der Waals surface area contributed by atoms with Crippen molar-refractivity contribution in [3.8, 4) is 0 Å². The maximum Gasteiger partial charge on any atom is 0.123 e. The Morgan fingerprint density at radius 1 is 1.24 bits per heavy atom. The zero-order valence-corrected chi connectivity index (χ0v) is 14.6. The molecule has 0 saturated heterocycles. The molecule has 0 aromatic heterocycles. The van der Waals surface area contributed by atoms with Gasteiger partial charge >= 0.3 is 0 Å². The quantitative estimate of drug-likeness (QED) is 0.692. The van der Waals surface area contributed by atoms with Gasteiger partial charge < -0.3 is 5.32 Å². The molecule has 2 aromatic rings. The summed E-state index contributed by atoms with van der Waals surface area (Å²) in [5.41, 5.74) is 1.01. The molecule has 0 aliphatic rings. The average Bonchev–Trinajstić information content (AvgIpc) is 2.46. The van der Waals surface area contributed by atoms with Crippen molar-refractivity contribution in [3.05, 3.63) is 58.3 Å². The summed E-state index contributed by atoms with van der Waals surface area (Å²) in [6.07, 6.45) is 1.06. The highest BCUT2D eigenvalue weighted by Gasteiger charge is 2.12. The molecule has 0 bridgehead atoms. The first-order valence-corrected chi connectivity index (χ1v) is 8.67. The van der Waals surface area contributed by atoms with E-state index in [0.29, 0.717) is 0 Å². The van der Waals surface area contributed by atoms with Crippen LogP contribution in [0, 0.1) is 5.82 Å². The Balaban J connectivity index is 2.26. The van der Waals surface area contributed by atoms with Crippen LogP contribution >= 0.6 is 27.7 Å². The first-order valence-electron chi connectivity index (χ1n) is 7.06. The molecule has 1 N–H and O–H groups in total. The van der Waals surface area contributed by atoms with Gasteiger partial charge in [0.1, 0.15) is 5.82 Å². The smallest absolute Gasteiger partial charge is 0.123 e. The summed E-state index contributed by atoms with van der Waals surface area (Å²) in [6, 6.07) is 13.3. The van der Waals surface area contributed by atoms with Crippen molar-refractivity contribution in [2.45, 2.75) is 36.1 Å². The molecule has 0 heterocycles. The Kier molecular flexibility index (Phi) is 6.27. The number of halogens is 2. The van der Waals surface area contributed by atoms with Crippen molar-refractivity contribution in [2.24, 2.45) is 0 Å². The minimum Gasteiger partial charge on any atom is -0.310 e. The molecule has 0 fully saturated rings. The van der Waals surface area contributed by atoms with E-state index in [1.54, 1.807) is 17.8 Å². The van der Waals surface area contributed by atoms with E-state index in [2.05, 4.69) is 47.2 Å². The molecule has 1 unspecified atom stereocenters. The SMILES string of the molecule is CCCNC(C)c1cc(F)ccc1Sc1cccc(Br)c1. The lowest BCUT2D eigenvalue weighted by Gasteiger charge is -2.17. The van der Waals surface area contributed by atoms with Gasteiger partial charge in [0, 0.05) is 20.3 Å². The van der Waals surface area contributed by atoms with E-state index in [0.717, 1.165) is 32.8 Å². The average molecular weight is 368 g/mol. The molecule has 1 nitrogen and oxygen atoms in total. The Labute approximate surface area is 138 Å². The normalized spacial score (nSPS) is 12.4. The molecular weight excluding hydrogens is 349 g/mol. The fourth-order valence-electron chi connectivity index (χ4n) is 2.08. The molecule has 2 rings (SSSR count). The summed E-state index contributed by atoms with van der Waals surface area (Å²) in [6.45, 7) is 5.14. The standard InChI is InChI=1S/C17H19BrFNS/c1-3-9-20-12(2)16-11-14(19)7-8-17(16)21-15-6-4-5-13(18)10-15/h4-8,10-12,20H,3,9H2,1-2H3. The molecule has 0 spiro atoms. The zero-order valence-electron chi connectivity index (χ0n) is 12.2. The summed E-state index contributed by atoms with van der Waals surface area (Å²) in [7, 11) is 0. The van der Waals surface area contributed by atoms with Gasteiger partial charge in [-0.15, -0.1) is 0 Å². The van der Waals surface area contributed by atoms with Gasteiger partial charge in [-0.25, -0.2) is 4.39 Å². The van der Waals surface area contributed by atoms with Crippen molar-refractivity contribution < 1.29 is 4.39 Å². The summed E-state index contributed by atoms with van der Waals surface area (Å²) in [5.74, 6) is -0.186. The number of hydrogen-bond donors (Lipinski definition) is 1. The predicted molar refractivity (Wildman–Crippen MR) is 91.4 cm³/mol. The molecule has 112 valence electrons. The third kappa shape index (κ3) is 4.83. The van der Waals surface area contributed by atoms with Crippen LogP contribution in [0.25, 0.3) is 0 Å². The Hall–Kier alpha value is -0.840. The fourth-order valence-corrected chi connectivity index (χ4v) is 3.71. The number of hydrogen-bond acceptors (Lipinski definition) is 2. The molecule has 21 heavy (non-hydrogen) atoms. The van der Waals surface area contributed by atoms with Crippen LogP contribution in [0.5, 0.6) is 0 Å². The molecule has 0 radical (unpaired) electrons. The van der Waals surface area contributed by atoms with Gasteiger partial charge in [0.25, 0.3) is 0 Å². The highest BCUT2D eigenvalue weighted by Crippen LogP contribution is 2.34. The maximum atomic E-state index is 13.6. The van der Waals surface area contributed by atoms with Crippen LogP contribution in [0.4, 0.5) is 4.39 Å². The van der Waals surface area contributed by atoms with Gasteiger partial charge in [0.05, 0.1) is 0 Å². The number of benzene rings is 2. The lowest BCUT2D eigenvalue weighted by Crippen LogP contribution is -2.20. The topological polar surface area (TPSA) is 12.0 Å². The van der Waals surface area contributed by atoms with Gasteiger partial charge in [-0.3, -0.25) is 0 Å². The summed E-state index contributed by atoms with van der Waals surface area (Å²) < 4.78 is 14.6. The molecular formula is C17H19BrFNS. The van der Waals surface area contributed by atoms with Crippen LogP contribution in [0.1, 0.15) is 31.9 Å². The molecule has 2 aromatic carbocycles. The van der Waals surface area contributed by atoms with Gasteiger partial charge in [-0.1, -0.05) is 40.7 Å². The highest BCUT2D eigenvalue weighted by molar-refractivity contribution is 9.10. The minimum absolute atomic E-state index is 0.135. The van der Waals surface area contributed by atoms with E-state index < -0.39 is 0 Å². The number of nitrogens with one attached hydrogen (secondary N) is 1. The van der Waals surface area contributed by atoms with Crippen molar-refractivity contribution in [2.75, 3.05) is 6.54 Å². The fraction of sp³-hybridized carbons (Fsp3) is 0.294. The first kappa shape index (κ1) is 16.5. The summed E-state index contributed by atoms with van der Waals surface area (Å²) >= 11 is 5.15. The molecule has 0 aliphatic heterocycles. The molecule has 4 heteroatoms. The van der Waals surface area contributed by atoms with Crippen LogP contribution in [0.15, 0.2) is 56.7 Å². The van der Waals surface area contributed by atoms with Crippen molar-refractivity contribution >= 4 is 27.7 Å². The minimum atomic E-state index is -0.186. The van der Waals surface area contributed by atoms with E-state index in [1.807, 2.05) is 18.2 Å². The Morgan fingerprint density at radius 3 is 2.76 bits per heavy atom. The maximum absolute atomic E-state index is 13.6. The Bertz CT molecular complexity index is 603. The lowest BCUT2D eigenvalue weighted by atomic mass is 10.1. The highest BCUT2D eigenvalue weighted by atomic mass is 79.9. The number of rotatable bonds is 6.